The van der Waals surface area contributed by atoms with Crippen LogP contribution in [0.4, 0.5) is 0 Å². The third-order valence-corrected chi connectivity index (χ3v) is 6.30. The quantitative estimate of drug-likeness (QED) is 0.591. The van der Waals surface area contributed by atoms with E-state index in [2.05, 4.69) is 5.16 Å². The van der Waals surface area contributed by atoms with Gasteiger partial charge in [-0.05, 0) is 44.2 Å². The second-order valence-corrected chi connectivity index (χ2v) is 9.50. The molecular weight excluding hydrogens is 404 g/mol. The van der Waals surface area contributed by atoms with Crippen LogP contribution in [0.5, 0.6) is 0 Å². The number of aromatic nitrogens is 2. The van der Waals surface area contributed by atoms with Crippen molar-refractivity contribution in [3.8, 4) is 0 Å². The summed E-state index contributed by atoms with van der Waals surface area (Å²) in [5, 5.41) is 5.72. The predicted octanol–water partition coefficient (Wildman–Crippen LogP) is 3.81. The zero-order valence-corrected chi connectivity index (χ0v) is 17.2. The Bertz CT molecular complexity index is 1210. The van der Waals surface area contributed by atoms with Crippen LogP contribution in [0.2, 0.25) is 5.02 Å². The van der Waals surface area contributed by atoms with Gasteiger partial charge in [0.2, 0.25) is 0 Å². The average Bonchev–Trinajstić information content (AvgIpc) is 3.02. The molecule has 1 saturated carbocycles. The maximum absolute atomic E-state index is 13.4. The molecule has 0 aliphatic heterocycles. The van der Waals surface area contributed by atoms with Crippen LogP contribution >= 0.6 is 11.6 Å². The number of benzene rings is 1. The normalized spacial score (nSPS) is 20.8. The van der Waals surface area contributed by atoms with E-state index in [9.17, 15) is 13.2 Å². The molecule has 1 aliphatic carbocycles. The van der Waals surface area contributed by atoms with Crippen LogP contribution in [0.15, 0.2) is 27.5 Å². The van der Waals surface area contributed by atoms with Gasteiger partial charge < -0.3 is 9.09 Å². The van der Waals surface area contributed by atoms with E-state index in [1.165, 1.54) is 0 Å². The summed E-state index contributed by atoms with van der Waals surface area (Å²) in [4.78, 5) is 13.4. The van der Waals surface area contributed by atoms with Gasteiger partial charge in [-0.1, -0.05) is 29.2 Å². The van der Waals surface area contributed by atoms with Crippen molar-refractivity contribution in [3.05, 3.63) is 39.3 Å². The van der Waals surface area contributed by atoms with Crippen molar-refractivity contribution >= 4 is 43.5 Å². The maximum Gasteiger partial charge on any atom is 0.264 e. The van der Waals surface area contributed by atoms with E-state index in [4.69, 9.17) is 20.3 Å². The van der Waals surface area contributed by atoms with E-state index < -0.39 is 10.1 Å². The molecule has 2 atom stereocenters. The van der Waals surface area contributed by atoms with E-state index in [0.29, 0.717) is 39.0 Å². The minimum absolute atomic E-state index is 0.0638. The molecule has 0 spiro atoms. The molecule has 0 unspecified atom stereocenters. The van der Waals surface area contributed by atoms with Gasteiger partial charge in [0.25, 0.3) is 15.7 Å². The number of fused-ring (bicyclic) bond motifs is 3. The molecule has 2 aromatic heterocycles. The third kappa shape index (κ3) is 3.44. The van der Waals surface area contributed by atoms with Gasteiger partial charge in [0, 0.05) is 11.4 Å². The number of hydrogen-bond donors (Lipinski definition) is 0. The summed E-state index contributed by atoms with van der Waals surface area (Å²) in [7, 11) is -3.49. The highest BCUT2D eigenvalue weighted by Crippen LogP contribution is 2.37. The van der Waals surface area contributed by atoms with Crippen molar-refractivity contribution in [2.45, 2.75) is 38.6 Å². The minimum Gasteiger partial charge on any atom is -0.360 e. The van der Waals surface area contributed by atoms with Crippen LogP contribution in [-0.2, 0) is 14.3 Å². The minimum atomic E-state index is -3.49. The SMILES string of the molecule is Cc1onc2c1c(=O)n([C@H]1CCC[C@@H](COS(C)(=O)=O)C1)c1cccc(Cl)c21. The van der Waals surface area contributed by atoms with Crippen molar-refractivity contribution in [2.24, 2.45) is 5.92 Å². The van der Waals surface area contributed by atoms with Crippen molar-refractivity contribution in [3.63, 3.8) is 0 Å². The van der Waals surface area contributed by atoms with Crippen LogP contribution in [-0.4, -0.2) is 31.0 Å². The molecule has 0 N–H and O–H groups in total. The molecule has 0 amide bonds. The molecule has 1 aromatic carbocycles. The fraction of sp³-hybridized carbons (Fsp3) is 0.474. The summed E-state index contributed by atoms with van der Waals surface area (Å²) in [6.45, 7) is 1.85. The van der Waals surface area contributed by atoms with Crippen molar-refractivity contribution in [1.82, 2.24) is 9.72 Å². The van der Waals surface area contributed by atoms with Crippen molar-refractivity contribution in [1.29, 1.82) is 0 Å². The maximum atomic E-state index is 13.4. The van der Waals surface area contributed by atoms with Crippen LogP contribution in [0.3, 0.4) is 0 Å². The Balaban J connectivity index is 1.83. The Kier molecular flexibility index (Phi) is 4.97. The summed E-state index contributed by atoms with van der Waals surface area (Å²) >= 11 is 6.45. The first-order chi connectivity index (χ1) is 13.3. The Morgan fingerprint density at radius 3 is 2.86 bits per heavy atom. The molecule has 1 fully saturated rings. The number of nitrogens with zero attached hydrogens (tertiary/aromatic N) is 2. The highest BCUT2D eigenvalue weighted by molar-refractivity contribution is 7.85. The summed E-state index contributed by atoms with van der Waals surface area (Å²) in [5.74, 6) is 0.525. The van der Waals surface area contributed by atoms with Gasteiger partial charge >= 0.3 is 0 Å². The number of rotatable bonds is 4. The fourth-order valence-corrected chi connectivity index (χ4v) is 4.90. The zero-order chi connectivity index (χ0) is 20.1. The van der Waals surface area contributed by atoms with E-state index in [-0.39, 0.29) is 24.1 Å². The summed E-state index contributed by atoms with van der Waals surface area (Å²) in [5.41, 5.74) is 1.04. The lowest BCUT2D eigenvalue weighted by atomic mass is 9.85. The fourth-order valence-electron chi connectivity index (χ4n) is 4.20. The van der Waals surface area contributed by atoms with Gasteiger partial charge in [0.15, 0.2) is 0 Å². The van der Waals surface area contributed by atoms with Crippen LogP contribution in [0.1, 0.15) is 37.5 Å². The Morgan fingerprint density at radius 1 is 1.32 bits per heavy atom. The number of hydrogen-bond acceptors (Lipinski definition) is 6. The van der Waals surface area contributed by atoms with E-state index in [0.717, 1.165) is 25.5 Å². The van der Waals surface area contributed by atoms with Crippen LogP contribution < -0.4 is 5.56 Å². The Hall–Kier alpha value is -1.90. The molecule has 7 nitrogen and oxygen atoms in total. The highest BCUT2D eigenvalue weighted by Gasteiger charge is 2.28. The first kappa shape index (κ1) is 19.4. The topological polar surface area (TPSA) is 91.4 Å². The lowest BCUT2D eigenvalue weighted by Gasteiger charge is -2.31. The molecule has 2 heterocycles. The van der Waals surface area contributed by atoms with Gasteiger partial charge in [0.05, 0.1) is 23.4 Å². The molecule has 28 heavy (non-hydrogen) atoms. The molecule has 9 heteroatoms. The number of pyridine rings is 1. The smallest absolute Gasteiger partial charge is 0.264 e. The zero-order valence-electron chi connectivity index (χ0n) is 15.6. The van der Waals surface area contributed by atoms with Crippen LogP contribution in [0, 0.1) is 12.8 Å². The lowest BCUT2D eigenvalue weighted by Crippen LogP contribution is -2.30. The second kappa shape index (κ2) is 7.17. The Labute approximate surface area is 167 Å². The molecular formula is C19H21ClN2O5S. The van der Waals surface area contributed by atoms with E-state index >= 15 is 0 Å². The summed E-state index contributed by atoms with van der Waals surface area (Å²) in [6, 6.07) is 5.37. The molecule has 1 aliphatic rings. The average molecular weight is 425 g/mol. The Morgan fingerprint density at radius 2 is 2.11 bits per heavy atom. The first-order valence-electron chi connectivity index (χ1n) is 9.19. The standard InChI is InChI=1S/C19H21ClN2O5S/c1-11-16-18(21-27-11)17-14(20)7-4-8-15(17)22(19(16)23)13-6-3-5-12(9-13)10-26-28(2,24)25/h4,7-8,12-13H,3,5-6,9-10H2,1-2H3/t12-,13+/m1/s1. The monoisotopic (exact) mass is 424 g/mol. The van der Waals surface area contributed by atoms with Crippen molar-refractivity contribution < 1.29 is 17.1 Å². The van der Waals surface area contributed by atoms with Crippen LogP contribution in [0.25, 0.3) is 21.8 Å². The van der Waals surface area contributed by atoms with Crippen molar-refractivity contribution in [2.75, 3.05) is 12.9 Å². The summed E-state index contributed by atoms with van der Waals surface area (Å²) in [6.07, 6.45) is 4.29. The molecule has 0 bridgehead atoms. The highest BCUT2D eigenvalue weighted by atomic mass is 35.5. The van der Waals surface area contributed by atoms with Gasteiger partial charge in [-0.25, -0.2) is 0 Å². The van der Waals surface area contributed by atoms with E-state index in [1.807, 2.05) is 12.1 Å². The number of halogens is 1. The third-order valence-electron chi connectivity index (χ3n) is 5.42. The first-order valence-corrected chi connectivity index (χ1v) is 11.4. The van der Waals surface area contributed by atoms with Gasteiger partial charge in [-0.3, -0.25) is 8.98 Å². The lowest BCUT2D eigenvalue weighted by molar-refractivity contribution is 0.183. The second-order valence-electron chi connectivity index (χ2n) is 7.45. The molecule has 4 rings (SSSR count). The van der Waals surface area contributed by atoms with Gasteiger partial charge in [-0.2, -0.15) is 8.42 Å². The molecule has 0 saturated heterocycles. The number of aryl methyl sites for hydroxylation is 1. The summed E-state index contributed by atoms with van der Waals surface area (Å²) < 4.78 is 34.7. The largest absolute Gasteiger partial charge is 0.360 e. The molecule has 0 radical (unpaired) electrons. The molecule has 3 aromatic rings. The predicted molar refractivity (Wildman–Crippen MR) is 107 cm³/mol. The van der Waals surface area contributed by atoms with Gasteiger partial charge in [0.1, 0.15) is 16.7 Å². The van der Waals surface area contributed by atoms with E-state index in [1.54, 1.807) is 17.6 Å². The molecule has 150 valence electrons. The van der Waals surface area contributed by atoms with Gasteiger partial charge in [-0.15, -0.1) is 0 Å².